The molecule has 96 valence electrons. The number of carbonyl (C=O) groups excluding carboxylic acids is 1. The van der Waals surface area contributed by atoms with Crippen molar-refractivity contribution in [1.29, 1.82) is 0 Å². The minimum Gasteiger partial charge on any atom is -0.481 e. The van der Waals surface area contributed by atoms with Crippen LogP contribution >= 0.6 is 0 Å². The average molecular weight is 239 g/mol. The van der Waals surface area contributed by atoms with Crippen molar-refractivity contribution in [3.05, 3.63) is 0 Å². The van der Waals surface area contributed by atoms with Crippen LogP contribution < -0.4 is 5.32 Å². The molecule has 4 heteroatoms. The average Bonchev–Trinajstić information content (AvgIpc) is 3.12. The first-order valence-corrected chi connectivity index (χ1v) is 6.62. The Balaban J connectivity index is 1.90. The molecule has 1 amide bonds. The highest BCUT2D eigenvalue weighted by Gasteiger charge is 2.36. The highest BCUT2D eigenvalue weighted by atomic mass is 16.4. The van der Waals surface area contributed by atoms with Gasteiger partial charge in [0.2, 0.25) is 5.91 Å². The SMILES string of the molecule is CC(C(=O)NC1CCCCC1C(=O)O)C1CC1. The normalized spacial score (nSPS) is 30.6. The van der Waals surface area contributed by atoms with Crippen LogP contribution in [0.25, 0.3) is 0 Å². The summed E-state index contributed by atoms with van der Waals surface area (Å²) in [7, 11) is 0. The molecule has 0 radical (unpaired) electrons. The highest BCUT2D eigenvalue weighted by molar-refractivity contribution is 5.80. The first-order valence-electron chi connectivity index (χ1n) is 6.62. The molecule has 0 saturated heterocycles. The molecule has 3 atom stereocenters. The molecular weight excluding hydrogens is 218 g/mol. The van der Waals surface area contributed by atoms with Gasteiger partial charge in [-0.1, -0.05) is 19.8 Å². The van der Waals surface area contributed by atoms with E-state index in [0.717, 1.165) is 32.1 Å². The van der Waals surface area contributed by atoms with E-state index < -0.39 is 5.97 Å². The number of hydrogen-bond acceptors (Lipinski definition) is 2. The summed E-state index contributed by atoms with van der Waals surface area (Å²) in [6.45, 7) is 1.95. The number of hydrogen-bond donors (Lipinski definition) is 2. The fourth-order valence-corrected chi connectivity index (χ4v) is 2.72. The number of nitrogens with one attached hydrogen (secondary N) is 1. The molecular formula is C13H21NO3. The quantitative estimate of drug-likeness (QED) is 0.786. The second-order valence-electron chi connectivity index (χ2n) is 5.47. The predicted molar refractivity (Wildman–Crippen MR) is 63.4 cm³/mol. The summed E-state index contributed by atoms with van der Waals surface area (Å²) in [5.41, 5.74) is 0. The fourth-order valence-electron chi connectivity index (χ4n) is 2.72. The van der Waals surface area contributed by atoms with Gasteiger partial charge in [-0.25, -0.2) is 0 Å². The Hall–Kier alpha value is -1.06. The fraction of sp³-hybridized carbons (Fsp3) is 0.846. The molecule has 0 heterocycles. The Morgan fingerprint density at radius 3 is 2.41 bits per heavy atom. The highest BCUT2D eigenvalue weighted by Crippen LogP contribution is 2.37. The molecule has 2 aliphatic rings. The standard InChI is InChI=1S/C13H21NO3/c1-8(9-6-7-9)12(15)14-11-5-3-2-4-10(11)13(16)17/h8-11H,2-7H2,1H3,(H,14,15)(H,16,17). The lowest BCUT2D eigenvalue weighted by atomic mass is 9.84. The van der Waals surface area contributed by atoms with Gasteiger partial charge in [0.15, 0.2) is 0 Å². The summed E-state index contributed by atoms with van der Waals surface area (Å²) in [4.78, 5) is 23.1. The van der Waals surface area contributed by atoms with Gasteiger partial charge in [-0.15, -0.1) is 0 Å². The largest absolute Gasteiger partial charge is 0.481 e. The van der Waals surface area contributed by atoms with Gasteiger partial charge in [0.25, 0.3) is 0 Å². The van der Waals surface area contributed by atoms with Crippen LogP contribution in [0, 0.1) is 17.8 Å². The van der Waals surface area contributed by atoms with Gasteiger partial charge in [-0.05, 0) is 31.6 Å². The third-order valence-corrected chi connectivity index (χ3v) is 4.15. The molecule has 0 aromatic heterocycles. The van der Waals surface area contributed by atoms with E-state index in [4.69, 9.17) is 5.11 Å². The third-order valence-electron chi connectivity index (χ3n) is 4.15. The number of rotatable bonds is 4. The van der Waals surface area contributed by atoms with E-state index in [0.29, 0.717) is 12.3 Å². The summed E-state index contributed by atoms with van der Waals surface area (Å²) >= 11 is 0. The smallest absolute Gasteiger partial charge is 0.308 e. The molecule has 2 rings (SSSR count). The first kappa shape index (κ1) is 12.4. The number of aliphatic carboxylic acids is 1. The van der Waals surface area contributed by atoms with Crippen molar-refractivity contribution in [3.8, 4) is 0 Å². The van der Waals surface area contributed by atoms with E-state index in [1.165, 1.54) is 0 Å². The van der Waals surface area contributed by atoms with Crippen LogP contribution in [-0.2, 0) is 9.59 Å². The van der Waals surface area contributed by atoms with E-state index in [-0.39, 0.29) is 23.8 Å². The van der Waals surface area contributed by atoms with Crippen molar-refractivity contribution in [2.75, 3.05) is 0 Å². The molecule has 4 nitrogen and oxygen atoms in total. The van der Waals surface area contributed by atoms with Crippen LogP contribution in [0.2, 0.25) is 0 Å². The Morgan fingerprint density at radius 1 is 1.18 bits per heavy atom. The molecule has 2 aliphatic carbocycles. The van der Waals surface area contributed by atoms with Gasteiger partial charge in [-0.2, -0.15) is 0 Å². The lowest BCUT2D eigenvalue weighted by Gasteiger charge is -2.30. The van der Waals surface area contributed by atoms with Crippen molar-refractivity contribution >= 4 is 11.9 Å². The Morgan fingerprint density at radius 2 is 1.82 bits per heavy atom. The predicted octanol–water partition coefficient (Wildman–Crippen LogP) is 1.79. The molecule has 0 bridgehead atoms. The number of amides is 1. The molecule has 0 spiro atoms. The van der Waals surface area contributed by atoms with Gasteiger partial charge >= 0.3 is 5.97 Å². The van der Waals surface area contributed by atoms with Crippen LogP contribution in [-0.4, -0.2) is 23.0 Å². The Labute approximate surface area is 102 Å². The Bertz CT molecular complexity index is 312. The van der Waals surface area contributed by atoms with Crippen molar-refractivity contribution in [2.45, 2.75) is 51.5 Å². The zero-order chi connectivity index (χ0) is 12.4. The van der Waals surface area contributed by atoms with Crippen LogP contribution in [0.3, 0.4) is 0 Å². The molecule has 17 heavy (non-hydrogen) atoms. The van der Waals surface area contributed by atoms with Gasteiger partial charge in [0, 0.05) is 12.0 Å². The molecule has 0 aromatic rings. The van der Waals surface area contributed by atoms with Gasteiger partial charge in [0.05, 0.1) is 5.92 Å². The van der Waals surface area contributed by atoms with E-state index in [1.54, 1.807) is 0 Å². The number of carbonyl (C=O) groups is 2. The van der Waals surface area contributed by atoms with Crippen LogP contribution in [0.4, 0.5) is 0 Å². The molecule has 0 aliphatic heterocycles. The molecule has 2 N–H and O–H groups in total. The minimum atomic E-state index is -0.769. The lowest BCUT2D eigenvalue weighted by Crippen LogP contribution is -2.47. The van der Waals surface area contributed by atoms with Crippen molar-refractivity contribution in [1.82, 2.24) is 5.32 Å². The summed E-state index contributed by atoms with van der Waals surface area (Å²) in [5.74, 6) is -0.535. The third kappa shape index (κ3) is 2.99. The summed E-state index contributed by atoms with van der Waals surface area (Å²) < 4.78 is 0. The van der Waals surface area contributed by atoms with E-state index in [2.05, 4.69) is 5.32 Å². The maximum Gasteiger partial charge on any atom is 0.308 e. The van der Waals surface area contributed by atoms with E-state index in [1.807, 2.05) is 6.92 Å². The van der Waals surface area contributed by atoms with E-state index in [9.17, 15) is 9.59 Å². The zero-order valence-electron chi connectivity index (χ0n) is 10.3. The lowest BCUT2D eigenvalue weighted by molar-refractivity contribution is -0.144. The Kier molecular flexibility index (Phi) is 3.69. The van der Waals surface area contributed by atoms with Gasteiger partial charge in [0.1, 0.15) is 0 Å². The summed E-state index contributed by atoms with van der Waals surface area (Å²) in [6, 6.07) is -0.157. The van der Waals surface area contributed by atoms with Gasteiger partial charge in [-0.3, -0.25) is 9.59 Å². The summed E-state index contributed by atoms with van der Waals surface area (Å²) in [6.07, 6.45) is 5.76. The van der Waals surface area contributed by atoms with Crippen molar-refractivity contribution < 1.29 is 14.7 Å². The maximum atomic E-state index is 12.0. The summed E-state index contributed by atoms with van der Waals surface area (Å²) in [5, 5.41) is 12.1. The van der Waals surface area contributed by atoms with Crippen molar-refractivity contribution in [2.24, 2.45) is 17.8 Å². The number of carboxylic acid groups (broad SMARTS) is 1. The topological polar surface area (TPSA) is 66.4 Å². The first-order chi connectivity index (χ1) is 8.09. The molecule has 0 aromatic carbocycles. The molecule has 3 unspecified atom stereocenters. The maximum absolute atomic E-state index is 12.0. The van der Waals surface area contributed by atoms with Crippen LogP contribution in [0.15, 0.2) is 0 Å². The minimum absolute atomic E-state index is 0.0469. The molecule has 2 saturated carbocycles. The second-order valence-corrected chi connectivity index (χ2v) is 5.47. The monoisotopic (exact) mass is 239 g/mol. The van der Waals surface area contributed by atoms with Crippen LogP contribution in [0.5, 0.6) is 0 Å². The zero-order valence-corrected chi connectivity index (χ0v) is 10.3. The van der Waals surface area contributed by atoms with E-state index >= 15 is 0 Å². The van der Waals surface area contributed by atoms with Crippen LogP contribution in [0.1, 0.15) is 45.4 Å². The van der Waals surface area contributed by atoms with Crippen molar-refractivity contribution in [3.63, 3.8) is 0 Å². The van der Waals surface area contributed by atoms with Gasteiger partial charge < -0.3 is 10.4 Å². The number of carboxylic acids is 1. The molecule has 2 fully saturated rings. The second kappa shape index (κ2) is 5.07.